The molecular formula is C18H24O3. The van der Waals surface area contributed by atoms with Crippen molar-refractivity contribution in [3.63, 3.8) is 0 Å². The number of ether oxygens (including phenoxy) is 1. The Balaban J connectivity index is 3.16. The second kappa shape index (κ2) is 7.77. The van der Waals surface area contributed by atoms with Gasteiger partial charge in [0.25, 0.3) is 0 Å². The summed E-state index contributed by atoms with van der Waals surface area (Å²) >= 11 is 0. The van der Waals surface area contributed by atoms with Gasteiger partial charge in [-0.1, -0.05) is 42.5 Å². The van der Waals surface area contributed by atoms with E-state index in [9.17, 15) is 9.59 Å². The van der Waals surface area contributed by atoms with Crippen LogP contribution in [0.25, 0.3) is 0 Å². The van der Waals surface area contributed by atoms with Crippen LogP contribution >= 0.6 is 0 Å². The Morgan fingerprint density at radius 2 is 2.14 bits per heavy atom. The van der Waals surface area contributed by atoms with Crippen LogP contribution in [0.1, 0.15) is 33.1 Å². The van der Waals surface area contributed by atoms with Crippen LogP contribution in [0.15, 0.2) is 49.1 Å². The third-order valence-corrected chi connectivity index (χ3v) is 3.92. The Bertz CT molecular complexity index is 485. The van der Waals surface area contributed by atoms with Crippen molar-refractivity contribution >= 4 is 11.8 Å². The van der Waals surface area contributed by atoms with Crippen molar-refractivity contribution in [2.24, 2.45) is 11.3 Å². The van der Waals surface area contributed by atoms with E-state index in [0.29, 0.717) is 12.8 Å². The molecule has 1 rings (SSSR count). The number of carbonyl (C=O) groups is 2. The highest BCUT2D eigenvalue weighted by Crippen LogP contribution is 2.47. The van der Waals surface area contributed by atoms with E-state index >= 15 is 0 Å². The smallest absolute Gasteiger partial charge is 0.319 e. The quantitative estimate of drug-likeness (QED) is 0.310. The fraction of sp³-hybridized carbons (Fsp3) is 0.444. The summed E-state index contributed by atoms with van der Waals surface area (Å²) in [6.07, 6.45) is 11.0. The Kier molecular flexibility index (Phi) is 6.35. The second-order valence-corrected chi connectivity index (χ2v) is 5.27. The first kappa shape index (κ1) is 17.2. The maximum Gasteiger partial charge on any atom is 0.319 e. The molecule has 0 bridgehead atoms. The van der Waals surface area contributed by atoms with E-state index in [0.717, 1.165) is 12.0 Å². The van der Waals surface area contributed by atoms with Gasteiger partial charge in [-0.3, -0.25) is 9.59 Å². The standard InChI is InChI=1S/C18H24O3/c1-5-8-10-15-12-18(14(4)19,17(20)21-7-3)13-16(15)11-9-6-2/h5-6,8,10-11,15H,1-2,7,9,12-13H2,3-4H3/b10-8+,16-11-. The predicted molar refractivity (Wildman–Crippen MR) is 84.7 cm³/mol. The minimum atomic E-state index is -1.04. The van der Waals surface area contributed by atoms with Crippen LogP contribution in [0.5, 0.6) is 0 Å². The third-order valence-electron chi connectivity index (χ3n) is 3.92. The summed E-state index contributed by atoms with van der Waals surface area (Å²) in [7, 11) is 0. The first-order valence-corrected chi connectivity index (χ1v) is 7.29. The topological polar surface area (TPSA) is 43.4 Å². The predicted octanol–water partition coefficient (Wildman–Crippen LogP) is 3.78. The lowest BCUT2D eigenvalue weighted by Gasteiger charge is -2.23. The monoisotopic (exact) mass is 288 g/mol. The SMILES string of the molecule is C=C/C=C/C1CC(C(C)=O)(C(=O)OCC)C/C1=C/CC=C. The molecule has 21 heavy (non-hydrogen) atoms. The third kappa shape index (κ3) is 3.81. The van der Waals surface area contributed by atoms with Crippen molar-refractivity contribution in [3.8, 4) is 0 Å². The first-order chi connectivity index (χ1) is 10.0. The van der Waals surface area contributed by atoms with Crippen LogP contribution in [-0.4, -0.2) is 18.4 Å². The van der Waals surface area contributed by atoms with Gasteiger partial charge in [0.05, 0.1) is 6.61 Å². The molecule has 0 amide bonds. The highest BCUT2D eigenvalue weighted by molar-refractivity contribution is 6.03. The van der Waals surface area contributed by atoms with Gasteiger partial charge in [0.15, 0.2) is 0 Å². The molecule has 3 nitrogen and oxygen atoms in total. The molecule has 0 aliphatic heterocycles. The van der Waals surface area contributed by atoms with Crippen molar-refractivity contribution in [1.29, 1.82) is 0 Å². The minimum Gasteiger partial charge on any atom is -0.465 e. The molecule has 0 spiro atoms. The largest absolute Gasteiger partial charge is 0.465 e. The van der Waals surface area contributed by atoms with E-state index in [1.807, 2.05) is 12.2 Å². The fourth-order valence-corrected chi connectivity index (χ4v) is 2.76. The zero-order valence-electron chi connectivity index (χ0n) is 12.9. The fourth-order valence-electron chi connectivity index (χ4n) is 2.76. The molecule has 114 valence electrons. The summed E-state index contributed by atoms with van der Waals surface area (Å²) < 4.78 is 5.14. The van der Waals surface area contributed by atoms with E-state index in [2.05, 4.69) is 19.2 Å². The molecule has 2 atom stereocenters. The average molecular weight is 288 g/mol. The van der Waals surface area contributed by atoms with Gasteiger partial charge in [-0.05, 0) is 39.0 Å². The molecule has 0 aromatic carbocycles. The molecule has 0 radical (unpaired) electrons. The van der Waals surface area contributed by atoms with Gasteiger partial charge >= 0.3 is 5.97 Å². The molecule has 0 aromatic rings. The molecule has 1 aliphatic rings. The second-order valence-electron chi connectivity index (χ2n) is 5.27. The van der Waals surface area contributed by atoms with Crippen molar-refractivity contribution in [2.75, 3.05) is 6.61 Å². The molecule has 1 fully saturated rings. The van der Waals surface area contributed by atoms with Crippen LogP contribution in [-0.2, 0) is 14.3 Å². The van der Waals surface area contributed by atoms with Gasteiger partial charge in [0.1, 0.15) is 11.2 Å². The van der Waals surface area contributed by atoms with Gasteiger partial charge < -0.3 is 4.74 Å². The molecule has 1 saturated carbocycles. The van der Waals surface area contributed by atoms with Crippen molar-refractivity contribution in [3.05, 3.63) is 49.1 Å². The number of ketones is 1. The van der Waals surface area contributed by atoms with Crippen molar-refractivity contribution in [2.45, 2.75) is 33.1 Å². The highest BCUT2D eigenvalue weighted by atomic mass is 16.5. The summed E-state index contributed by atoms with van der Waals surface area (Å²) in [5, 5.41) is 0. The Hall–Kier alpha value is -1.90. The van der Waals surface area contributed by atoms with E-state index in [1.54, 1.807) is 19.1 Å². The molecule has 1 aliphatic carbocycles. The van der Waals surface area contributed by atoms with E-state index < -0.39 is 11.4 Å². The number of hydrogen-bond donors (Lipinski definition) is 0. The number of rotatable bonds is 7. The summed E-state index contributed by atoms with van der Waals surface area (Å²) in [6, 6.07) is 0. The molecule has 0 N–H and O–H groups in total. The van der Waals surface area contributed by atoms with Crippen LogP contribution < -0.4 is 0 Å². The van der Waals surface area contributed by atoms with Crippen LogP contribution in [0.4, 0.5) is 0 Å². The maximum atomic E-state index is 12.3. The molecule has 0 heterocycles. The van der Waals surface area contributed by atoms with Gasteiger partial charge in [0, 0.05) is 0 Å². The van der Waals surface area contributed by atoms with E-state index in [1.165, 1.54) is 6.92 Å². The number of allylic oxidation sites excluding steroid dienone is 6. The Morgan fingerprint density at radius 3 is 2.67 bits per heavy atom. The molecule has 2 unspecified atom stereocenters. The van der Waals surface area contributed by atoms with Gasteiger partial charge in [0.2, 0.25) is 0 Å². The number of hydrogen-bond acceptors (Lipinski definition) is 3. The Labute approximate surface area is 127 Å². The molecule has 3 heteroatoms. The zero-order valence-corrected chi connectivity index (χ0v) is 12.9. The summed E-state index contributed by atoms with van der Waals surface area (Å²) in [5.74, 6) is -0.465. The summed E-state index contributed by atoms with van der Waals surface area (Å²) in [5.41, 5.74) is 0.0513. The summed E-state index contributed by atoms with van der Waals surface area (Å²) in [4.78, 5) is 24.4. The normalized spacial score (nSPS) is 27.0. The zero-order chi connectivity index (χ0) is 15.9. The number of esters is 1. The highest BCUT2D eigenvalue weighted by Gasteiger charge is 2.51. The number of carbonyl (C=O) groups excluding carboxylic acids is 2. The molecular weight excluding hydrogens is 264 g/mol. The van der Waals surface area contributed by atoms with Crippen molar-refractivity contribution in [1.82, 2.24) is 0 Å². The minimum absolute atomic E-state index is 0.0660. The summed E-state index contributed by atoms with van der Waals surface area (Å²) in [6.45, 7) is 10.9. The maximum absolute atomic E-state index is 12.3. The van der Waals surface area contributed by atoms with Crippen LogP contribution in [0, 0.1) is 11.3 Å². The Morgan fingerprint density at radius 1 is 1.43 bits per heavy atom. The lowest BCUT2D eigenvalue weighted by Crippen LogP contribution is -2.37. The van der Waals surface area contributed by atoms with Gasteiger partial charge in [-0.25, -0.2) is 0 Å². The average Bonchev–Trinajstić information content (AvgIpc) is 2.83. The lowest BCUT2D eigenvalue weighted by molar-refractivity contribution is -0.159. The lowest BCUT2D eigenvalue weighted by atomic mass is 9.81. The number of Topliss-reactive ketones (excluding diaryl/α,β-unsaturated/α-hetero) is 1. The van der Waals surface area contributed by atoms with Crippen molar-refractivity contribution < 1.29 is 14.3 Å². The van der Waals surface area contributed by atoms with E-state index in [4.69, 9.17) is 4.74 Å². The van der Waals surface area contributed by atoms with Gasteiger partial charge in [-0.15, -0.1) is 6.58 Å². The van der Waals surface area contributed by atoms with Gasteiger partial charge in [-0.2, -0.15) is 0 Å². The van der Waals surface area contributed by atoms with Crippen LogP contribution in [0.3, 0.4) is 0 Å². The van der Waals surface area contributed by atoms with E-state index in [-0.39, 0.29) is 18.3 Å². The van der Waals surface area contributed by atoms with Crippen LogP contribution in [0.2, 0.25) is 0 Å². The molecule has 0 aromatic heterocycles. The first-order valence-electron chi connectivity index (χ1n) is 7.29. The molecule has 0 saturated heterocycles.